The Morgan fingerprint density at radius 3 is 2.48 bits per heavy atom. The molecule has 27 heavy (non-hydrogen) atoms. The maximum Gasteiger partial charge on any atom is 0.243 e. The van der Waals surface area contributed by atoms with E-state index in [1.807, 2.05) is 19.9 Å². The number of nitrogens with zero attached hydrogens (tertiary/aromatic N) is 1. The number of rotatable bonds is 9. The van der Waals surface area contributed by atoms with Crippen molar-refractivity contribution in [3.05, 3.63) is 54.1 Å². The number of hydrogen-bond acceptors (Lipinski definition) is 4. The van der Waals surface area contributed by atoms with Gasteiger partial charge in [0.25, 0.3) is 0 Å². The van der Waals surface area contributed by atoms with Crippen molar-refractivity contribution in [2.75, 3.05) is 25.5 Å². The van der Waals surface area contributed by atoms with Crippen LogP contribution in [-0.2, 0) is 14.8 Å². The second kappa shape index (κ2) is 9.53. The van der Waals surface area contributed by atoms with E-state index in [1.54, 1.807) is 30.3 Å². The molecule has 0 fully saturated rings. The number of ether oxygens (including phenoxy) is 1. The van der Waals surface area contributed by atoms with Crippen LogP contribution >= 0.6 is 0 Å². The molecule has 146 valence electrons. The Kier molecular flexibility index (Phi) is 7.38. The van der Waals surface area contributed by atoms with Crippen LogP contribution in [0.5, 0.6) is 5.75 Å². The summed E-state index contributed by atoms with van der Waals surface area (Å²) in [5.41, 5.74) is 1.49. The quantitative estimate of drug-likeness (QED) is 0.712. The first-order chi connectivity index (χ1) is 12.9. The largest absolute Gasteiger partial charge is 0.495 e. The lowest BCUT2D eigenvalue weighted by atomic mass is 10.2. The molecule has 0 heterocycles. The number of methoxy groups -OCH3 is 1. The summed E-state index contributed by atoms with van der Waals surface area (Å²) in [6.45, 7) is 3.91. The standard InChI is InChI=1S/C20H26N2O4S/c1-4-5-13-22(27(24,25)17-9-7-6-8-10-17)15-20(23)21-18-14-16(2)11-12-19(18)26-3/h6-12,14H,4-5,13,15H2,1-3H3,(H,21,23). The monoisotopic (exact) mass is 390 g/mol. The average Bonchev–Trinajstić information content (AvgIpc) is 2.66. The lowest BCUT2D eigenvalue weighted by Gasteiger charge is -2.22. The van der Waals surface area contributed by atoms with Gasteiger partial charge in [0, 0.05) is 6.54 Å². The van der Waals surface area contributed by atoms with Gasteiger partial charge >= 0.3 is 0 Å². The highest BCUT2D eigenvalue weighted by molar-refractivity contribution is 7.89. The van der Waals surface area contributed by atoms with Crippen LogP contribution in [0, 0.1) is 6.92 Å². The number of sulfonamides is 1. The van der Waals surface area contributed by atoms with E-state index < -0.39 is 15.9 Å². The van der Waals surface area contributed by atoms with Crippen LogP contribution in [0.3, 0.4) is 0 Å². The van der Waals surface area contributed by atoms with Crippen LogP contribution in [-0.4, -0.2) is 38.8 Å². The summed E-state index contributed by atoms with van der Waals surface area (Å²) < 4.78 is 32.3. The topological polar surface area (TPSA) is 75.7 Å². The SMILES string of the molecule is CCCCN(CC(=O)Nc1cc(C)ccc1OC)S(=O)(=O)c1ccccc1. The maximum atomic E-state index is 12.9. The molecule has 0 saturated heterocycles. The van der Waals surface area contributed by atoms with E-state index in [9.17, 15) is 13.2 Å². The highest BCUT2D eigenvalue weighted by Crippen LogP contribution is 2.25. The summed E-state index contributed by atoms with van der Waals surface area (Å²) >= 11 is 0. The highest BCUT2D eigenvalue weighted by atomic mass is 32.2. The molecule has 0 aliphatic rings. The van der Waals surface area contributed by atoms with Crippen LogP contribution in [0.2, 0.25) is 0 Å². The molecule has 1 N–H and O–H groups in total. The number of hydrogen-bond donors (Lipinski definition) is 1. The molecule has 2 aromatic rings. The fraction of sp³-hybridized carbons (Fsp3) is 0.350. The molecule has 2 aromatic carbocycles. The minimum absolute atomic E-state index is 0.182. The molecular weight excluding hydrogens is 364 g/mol. The van der Waals surface area contributed by atoms with Crippen molar-refractivity contribution in [3.8, 4) is 5.75 Å². The first-order valence-electron chi connectivity index (χ1n) is 8.88. The average molecular weight is 391 g/mol. The van der Waals surface area contributed by atoms with Gasteiger partial charge in [0.1, 0.15) is 5.75 Å². The van der Waals surface area contributed by atoms with Gasteiger partial charge in [-0.05, 0) is 43.2 Å². The summed E-state index contributed by atoms with van der Waals surface area (Å²) in [6, 6.07) is 13.6. The minimum Gasteiger partial charge on any atom is -0.495 e. The van der Waals surface area contributed by atoms with Crippen molar-refractivity contribution in [2.45, 2.75) is 31.6 Å². The summed E-state index contributed by atoms with van der Waals surface area (Å²) in [5, 5.41) is 2.76. The van der Waals surface area contributed by atoms with Gasteiger partial charge < -0.3 is 10.1 Å². The fourth-order valence-electron chi connectivity index (χ4n) is 2.63. The molecule has 0 bridgehead atoms. The van der Waals surface area contributed by atoms with Gasteiger partial charge in [-0.15, -0.1) is 0 Å². The van der Waals surface area contributed by atoms with Crippen LogP contribution < -0.4 is 10.1 Å². The zero-order chi connectivity index (χ0) is 19.9. The van der Waals surface area contributed by atoms with Crippen LogP contribution in [0.25, 0.3) is 0 Å². The van der Waals surface area contributed by atoms with Gasteiger partial charge in [0.05, 0.1) is 24.2 Å². The lowest BCUT2D eigenvalue weighted by molar-refractivity contribution is -0.116. The molecule has 0 aliphatic heterocycles. The Bertz CT molecular complexity index is 867. The third kappa shape index (κ3) is 5.55. The van der Waals surface area contributed by atoms with Crippen molar-refractivity contribution in [2.24, 2.45) is 0 Å². The van der Waals surface area contributed by atoms with E-state index in [0.717, 1.165) is 12.0 Å². The van der Waals surface area contributed by atoms with E-state index in [2.05, 4.69) is 5.32 Å². The van der Waals surface area contributed by atoms with Crippen molar-refractivity contribution >= 4 is 21.6 Å². The third-order valence-corrected chi connectivity index (χ3v) is 5.95. The zero-order valence-corrected chi connectivity index (χ0v) is 16.8. The van der Waals surface area contributed by atoms with Crippen LogP contribution in [0.1, 0.15) is 25.3 Å². The third-order valence-electron chi connectivity index (χ3n) is 4.09. The molecule has 7 heteroatoms. The maximum absolute atomic E-state index is 12.9. The van der Waals surface area contributed by atoms with Gasteiger partial charge in [-0.3, -0.25) is 4.79 Å². The predicted octanol–water partition coefficient (Wildman–Crippen LogP) is 3.43. The fourth-order valence-corrected chi connectivity index (χ4v) is 4.09. The van der Waals surface area contributed by atoms with Crippen molar-refractivity contribution in [3.63, 3.8) is 0 Å². The number of amides is 1. The first kappa shape index (κ1) is 20.9. The Morgan fingerprint density at radius 1 is 1.15 bits per heavy atom. The van der Waals surface area contributed by atoms with Gasteiger partial charge in [-0.1, -0.05) is 37.6 Å². The second-order valence-corrected chi connectivity index (χ2v) is 8.20. The van der Waals surface area contributed by atoms with Gasteiger partial charge in [-0.25, -0.2) is 8.42 Å². The molecule has 0 aliphatic carbocycles. The predicted molar refractivity (Wildman–Crippen MR) is 106 cm³/mol. The van der Waals surface area contributed by atoms with Gasteiger partial charge in [0.2, 0.25) is 15.9 Å². The normalized spacial score (nSPS) is 11.4. The Morgan fingerprint density at radius 2 is 1.85 bits per heavy atom. The summed E-state index contributed by atoms with van der Waals surface area (Å²) in [6.07, 6.45) is 1.50. The number of benzene rings is 2. The van der Waals surface area contributed by atoms with Gasteiger partial charge in [-0.2, -0.15) is 4.31 Å². The molecule has 0 unspecified atom stereocenters. The van der Waals surface area contributed by atoms with Gasteiger partial charge in [0.15, 0.2) is 0 Å². The lowest BCUT2D eigenvalue weighted by Crippen LogP contribution is -2.38. The Balaban J connectivity index is 2.21. The Labute approximate surface area is 161 Å². The second-order valence-electron chi connectivity index (χ2n) is 6.26. The molecular formula is C20H26N2O4S. The molecule has 1 amide bonds. The van der Waals surface area contributed by atoms with E-state index in [1.165, 1.54) is 23.5 Å². The molecule has 2 rings (SSSR count). The minimum atomic E-state index is -3.74. The molecule has 0 aromatic heterocycles. The summed E-state index contributed by atoms with van der Waals surface area (Å²) in [5.74, 6) is 0.120. The molecule has 0 saturated carbocycles. The summed E-state index contributed by atoms with van der Waals surface area (Å²) in [7, 11) is -2.22. The number of carbonyl (C=O) groups excluding carboxylic acids is 1. The van der Waals surface area contributed by atoms with Crippen LogP contribution in [0.4, 0.5) is 5.69 Å². The molecule has 0 radical (unpaired) electrons. The van der Waals surface area contributed by atoms with Crippen molar-refractivity contribution in [1.82, 2.24) is 4.31 Å². The van der Waals surface area contributed by atoms with Crippen LogP contribution in [0.15, 0.2) is 53.4 Å². The molecule has 0 atom stereocenters. The summed E-state index contributed by atoms with van der Waals surface area (Å²) in [4.78, 5) is 12.8. The number of nitrogens with one attached hydrogen (secondary N) is 1. The zero-order valence-electron chi connectivity index (χ0n) is 15.9. The number of carbonyl (C=O) groups is 1. The van der Waals surface area contributed by atoms with E-state index >= 15 is 0 Å². The number of anilines is 1. The number of aryl methyl sites for hydroxylation is 1. The number of unbranched alkanes of at least 4 members (excludes halogenated alkanes) is 1. The molecule has 0 spiro atoms. The van der Waals surface area contributed by atoms with E-state index in [-0.39, 0.29) is 18.0 Å². The highest BCUT2D eigenvalue weighted by Gasteiger charge is 2.26. The van der Waals surface area contributed by atoms with Crippen molar-refractivity contribution < 1.29 is 17.9 Å². The molecule has 6 nitrogen and oxygen atoms in total. The van der Waals surface area contributed by atoms with E-state index in [4.69, 9.17) is 4.74 Å². The van der Waals surface area contributed by atoms with E-state index in [0.29, 0.717) is 17.9 Å². The van der Waals surface area contributed by atoms with Crippen molar-refractivity contribution in [1.29, 1.82) is 0 Å². The Hall–Kier alpha value is -2.38. The smallest absolute Gasteiger partial charge is 0.243 e. The first-order valence-corrected chi connectivity index (χ1v) is 10.3.